The maximum atomic E-state index is 14.2. The highest BCUT2D eigenvalue weighted by Crippen LogP contribution is 2.52. The number of benzene rings is 1. The van der Waals surface area contributed by atoms with Gasteiger partial charge in [0.05, 0.1) is 29.6 Å². The van der Waals surface area contributed by atoms with Crippen molar-refractivity contribution in [1.29, 1.82) is 0 Å². The van der Waals surface area contributed by atoms with Crippen LogP contribution >= 0.6 is 0 Å². The fourth-order valence-electron chi connectivity index (χ4n) is 7.71. The van der Waals surface area contributed by atoms with Crippen LogP contribution in [-0.2, 0) is 43.9 Å². The van der Waals surface area contributed by atoms with Crippen molar-refractivity contribution in [1.82, 2.24) is 19.4 Å². The summed E-state index contributed by atoms with van der Waals surface area (Å²) in [6.07, 6.45) is 1.46. The molecule has 1 aromatic carbocycles. The molecule has 5 N–H and O–H groups in total. The van der Waals surface area contributed by atoms with Crippen LogP contribution in [0.5, 0.6) is 5.75 Å². The molecule has 246 valence electrons. The molecule has 3 aliphatic rings. The van der Waals surface area contributed by atoms with Gasteiger partial charge in [-0.1, -0.05) is 0 Å². The summed E-state index contributed by atoms with van der Waals surface area (Å²) in [5.74, 6) is -11.7. The molecule has 0 aliphatic heterocycles. The van der Waals surface area contributed by atoms with Gasteiger partial charge in [-0.15, -0.1) is 0 Å². The Morgan fingerprint density at radius 1 is 1.15 bits per heavy atom. The van der Waals surface area contributed by atoms with Crippen molar-refractivity contribution in [3.05, 3.63) is 41.3 Å². The molecule has 3 aliphatic carbocycles. The van der Waals surface area contributed by atoms with E-state index in [1.807, 2.05) is 0 Å². The summed E-state index contributed by atoms with van der Waals surface area (Å²) in [5, 5.41) is 25.9. The molecule has 2 saturated carbocycles. The molecule has 2 amide bonds. The van der Waals surface area contributed by atoms with E-state index >= 15 is 0 Å². The first kappa shape index (κ1) is 31.9. The zero-order valence-corrected chi connectivity index (χ0v) is 26.5. The van der Waals surface area contributed by atoms with Crippen LogP contribution in [0, 0.1) is 23.7 Å². The van der Waals surface area contributed by atoms with Crippen LogP contribution in [0.3, 0.4) is 0 Å². The Balaban J connectivity index is 1.39. The van der Waals surface area contributed by atoms with E-state index < -0.39 is 76.0 Å². The number of phenolic OH excluding ortho intramolecular Hbond substituents is 1. The summed E-state index contributed by atoms with van der Waals surface area (Å²) in [7, 11) is 8.21. The van der Waals surface area contributed by atoms with Gasteiger partial charge in [-0.05, 0) is 56.6 Å². The predicted octanol–water partition coefficient (Wildman–Crippen LogP) is -0.604. The van der Waals surface area contributed by atoms with Crippen molar-refractivity contribution < 1.29 is 39.0 Å². The lowest BCUT2D eigenvalue weighted by Gasteiger charge is -2.52. The average Bonchev–Trinajstić information content (AvgIpc) is 3.30. The van der Waals surface area contributed by atoms with Gasteiger partial charge >= 0.3 is 0 Å². The summed E-state index contributed by atoms with van der Waals surface area (Å²) in [4.78, 5) is 92.5. The van der Waals surface area contributed by atoms with E-state index in [2.05, 4.69) is 15.3 Å². The van der Waals surface area contributed by atoms with E-state index in [1.165, 1.54) is 25.1 Å². The Morgan fingerprint density at radius 3 is 2.47 bits per heavy atom. The summed E-state index contributed by atoms with van der Waals surface area (Å²) >= 11 is 0. The lowest BCUT2D eigenvalue weighted by molar-refractivity contribution is -0.181. The quantitative estimate of drug-likeness (QED) is 0.195. The number of aryl methyl sites for hydroxylation is 1. The molecular formula is C32H35N7O8. The smallest absolute Gasteiger partial charge is 0.235 e. The first-order valence-electron chi connectivity index (χ1n) is 15.1. The summed E-state index contributed by atoms with van der Waals surface area (Å²) in [6, 6.07) is 3.83. The highest BCUT2D eigenvalue weighted by Gasteiger charge is 2.69. The number of aliphatic hydroxyl groups is 1. The molecule has 15 nitrogen and oxygen atoms in total. The Bertz CT molecular complexity index is 1920. The Kier molecular flexibility index (Phi) is 7.51. The SMILES string of the molecule is CN(C)c1cc(NC(=O)Cc2nc3cccnc3n2C)c(O)c2c1CC1CC3[C@@H](N(C)C)C(=O)C(C(N)=O)C(=O)[C@]3(O)C(=O)C1C2=O. The highest BCUT2D eigenvalue weighted by atomic mass is 16.3. The number of imidazole rings is 1. The number of pyridine rings is 1. The fourth-order valence-corrected chi connectivity index (χ4v) is 7.71. The number of likely N-dealkylation sites (N-methyl/N-ethyl adjacent to an activating group) is 1. The number of carbonyl (C=O) groups excluding carboxylic acids is 6. The number of nitrogens with one attached hydrogen (secondary N) is 1. The standard InChI is InChI=1S/C32H35N7O8/c1-37(2)18-11-17(36-20(40)12-19-35-16-7-6-8-34-31(16)39(19)5)25(41)22-14(18)9-13-10-15-24(38(3)4)27(43)23(30(33)46)29(45)32(15,47)28(44)21(13)26(22)42/h6-8,11,13,15,21,23-24,41,47H,9-10,12H2,1-5H3,(H2,33,46)(H,36,40)/t13?,15?,21?,23?,24-,32-/m1/s1. The van der Waals surface area contributed by atoms with Gasteiger partial charge in [0.25, 0.3) is 0 Å². The Hall–Kier alpha value is -5.02. The van der Waals surface area contributed by atoms with E-state index in [-0.39, 0.29) is 30.5 Å². The van der Waals surface area contributed by atoms with Crippen LogP contribution in [0.2, 0.25) is 0 Å². The monoisotopic (exact) mass is 645 g/mol. The van der Waals surface area contributed by atoms with Crippen molar-refractivity contribution >= 4 is 57.5 Å². The Labute approximate surface area is 268 Å². The third-order valence-electron chi connectivity index (χ3n) is 9.83. The van der Waals surface area contributed by atoms with Crippen LogP contribution in [0.4, 0.5) is 11.4 Å². The van der Waals surface area contributed by atoms with Crippen molar-refractivity contribution in [2.75, 3.05) is 38.4 Å². The minimum absolute atomic E-state index is 0.0666. The van der Waals surface area contributed by atoms with E-state index in [9.17, 15) is 39.0 Å². The lowest BCUT2D eigenvalue weighted by Crippen LogP contribution is -2.74. The van der Waals surface area contributed by atoms with Crippen LogP contribution in [0.1, 0.15) is 28.2 Å². The molecular weight excluding hydrogens is 610 g/mol. The molecule has 6 atom stereocenters. The largest absolute Gasteiger partial charge is 0.505 e. The third-order valence-corrected chi connectivity index (χ3v) is 9.83. The number of hydrogen-bond donors (Lipinski definition) is 4. The second kappa shape index (κ2) is 11.1. The van der Waals surface area contributed by atoms with E-state index in [1.54, 1.807) is 48.9 Å². The number of amides is 2. The van der Waals surface area contributed by atoms with Gasteiger partial charge < -0.3 is 30.7 Å². The molecule has 15 heteroatoms. The van der Waals surface area contributed by atoms with Crippen LogP contribution < -0.4 is 16.0 Å². The van der Waals surface area contributed by atoms with Crippen molar-refractivity contribution in [3.63, 3.8) is 0 Å². The lowest BCUT2D eigenvalue weighted by atomic mass is 9.52. The number of fused-ring (bicyclic) bond motifs is 4. The van der Waals surface area contributed by atoms with Gasteiger partial charge in [-0.2, -0.15) is 0 Å². The first-order chi connectivity index (χ1) is 22.1. The molecule has 2 heterocycles. The maximum absolute atomic E-state index is 14.2. The fraction of sp³-hybridized carbons (Fsp3) is 0.438. The summed E-state index contributed by atoms with van der Waals surface area (Å²) in [5.41, 5.74) is 4.36. The summed E-state index contributed by atoms with van der Waals surface area (Å²) in [6.45, 7) is 0. The maximum Gasteiger partial charge on any atom is 0.235 e. The van der Waals surface area contributed by atoms with Gasteiger partial charge in [0.1, 0.15) is 17.1 Å². The minimum atomic E-state index is -2.83. The molecule has 0 bridgehead atoms. The van der Waals surface area contributed by atoms with E-state index in [4.69, 9.17) is 5.73 Å². The van der Waals surface area contributed by atoms with Gasteiger partial charge in [0, 0.05) is 38.9 Å². The molecule has 6 rings (SSSR count). The van der Waals surface area contributed by atoms with E-state index in [0.29, 0.717) is 28.2 Å². The highest BCUT2D eigenvalue weighted by molar-refractivity contribution is 6.32. The normalized spacial score (nSPS) is 27.0. The molecule has 0 spiro atoms. The molecule has 0 saturated heterocycles. The van der Waals surface area contributed by atoms with Crippen molar-refractivity contribution in [2.24, 2.45) is 36.5 Å². The predicted molar refractivity (Wildman–Crippen MR) is 167 cm³/mol. The second-order valence-corrected chi connectivity index (χ2v) is 13.0. The minimum Gasteiger partial charge on any atom is -0.505 e. The summed E-state index contributed by atoms with van der Waals surface area (Å²) < 4.78 is 1.67. The van der Waals surface area contributed by atoms with Crippen molar-refractivity contribution in [2.45, 2.75) is 30.9 Å². The topological polar surface area (TPSA) is 218 Å². The number of phenols is 1. The number of aromatic nitrogens is 3. The number of nitrogens with two attached hydrogens (primary N) is 1. The van der Waals surface area contributed by atoms with Gasteiger partial charge in [-0.3, -0.25) is 33.7 Å². The number of nitrogens with zero attached hydrogens (tertiary/aromatic N) is 5. The van der Waals surface area contributed by atoms with Crippen LogP contribution in [0.25, 0.3) is 11.2 Å². The molecule has 2 fully saturated rings. The number of primary amides is 1. The number of anilines is 2. The number of Topliss-reactive ketones (excluding diaryl/α,β-unsaturated/α-hetero) is 4. The number of rotatable bonds is 6. The Morgan fingerprint density at radius 2 is 1.85 bits per heavy atom. The molecule has 47 heavy (non-hydrogen) atoms. The zero-order chi connectivity index (χ0) is 34.3. The number of carbonyl (C=O) groups is 6. The average molecular weight is 646 g/mol. The van der Waals surface area contributed by atoms with E-state index in [0.717, 1.165) is 0 Å². The van der Waals surface area contributed by atoms with Crippen molar-refractivity contribution in [3.8, 4) is 5.75 Å². The number of ketones is 4. The zero-order valence-electron chi connectivity index (χ0n) is 26.5. The second-order valence-electron chi connectivity index (χ2n) is 13.0. The van der Waals surface area contributed by atoms with Crippen LogP contribution in [0.15, 0.2) is 24.4 Å². The molecule has 3 aromatic rings. The third kappa shape index (κ3) is 4.63. The van der Waals surface area contributed by atoms with Crippen LogP contribution in [-0.4, -0.2) is 104 Å². The number of aromatic hydroxyl groups is 1. The van der Waals surface area contributed by atoms with Gasteiger partial charge in [0.2, 0.25) is 11.8 Å². The molecule has 2 aromatic heterocycles. The van der Waals surface area contributed by atoms with Gasteiger partial charge in [0.15, 0.2) is 40.3 Å². The molecule has 0 radical (unpaired) electrons. The number of hydrogen-bond acceptors (Lipinski definition) is 12. The first-order valence-corrected chi connectivity index (χ1v) is 15.1. The van der Waals surface area contributed by atoms with Gasteiger partial charge in [-0.25, -0.2) is 9.97 Å². The molecule has 4 unspecified atom stereocenters.